The molecule has 0 saturated carbocycles. The number of aliphatic hydroxyl groups excluding tert-OH is 1. The van der Waals surface area contributed by atoms with Crippen LogP contribution in [0.2, 0.25) is 0 Å². The van der Waals surface area contributed by atoms with Crippen molar-refractivity contribution in [2.75, 3.05) is 32.8 Å². The maximum atomic E-state index is 9.68. The molecule has 0 amide bonds. The van der Waals surface area contributed by atoms with E-state index in [9.17, 15) is 5.11 Å². The minimum atomic E-state index is 0. The fraction of sp³-hybridized carbons (Fsp3) is 0.429. The van der Waals surface area contributed by atoms with Crippen LogP contribution in [-0.4, -0.2) is 47.8 Å². The number of aromatic nitrogens is 1. The van der Waals surface area contributed by atoms with E-state index in [-0.39, 0.29) is 25.1 Å². The first-order valence-corrected chi connectivity index (χ1v) is 6.51. The van der Waals surface area contributed by atoms with Crippen LogP contribution in [0.15, 0.2) is 30.5 Å². The topological polar surface area (TPSA) is 51.3 Å². The summed E-state index contributed by atoms with van der Waals surface area (Å²) in [6.07, 6.45) is 1.95. The molecule has 1 saturated heterocycles. The summed E-state index contributed by atoms with van der Waals surface area (Å²) in [5.41, 5.74) is 2.35. The first-order valence-electron chi connectivity index (χ1n) is 6.51. The van der Waals surface area contributed by atoms with Crippen LogP contribution >= 0.6 is 12.4 Å². The van der Waals surface area contributed by atoms with Gasteiger partial charge in [-0.25, -0.2) is 0 Å². The zero-order valence-electron chi connectivity index (χ0n) is 10.8. The van der Waals surface area contributed by atoms with Crippen molar-refractivity contribution in [3.63, 3.8) is 0 Å². The van der Waals surface area contributed by atoms with Crippen molar-refractivity contribution in [2.24, 2.45) is 0 Å². The van der Waals surface area contributed by atoms with E-state index in [1.165, 1.54) is 10.9 Å². The van der Waals surface area contributed by atoms with Crippen LogP contribution in [0.4, 0.5) is 0 Å². The molecular weight excluding hydrogens is 262 g/mol. The van der Waals surface area contributed by atoms with Crippen molar-refractivity contribution in [1.82, 2.24) is 15.2 Å². The number of nitrogens with one attached hydrogen (secondary N) is 2. The van der Waals surface area contributed by atoms with E-state index >= 15 is 0 Å². The molecule has 0 aliphatic carbocycles. The Bertz CT molecular complexity index is 522. The molecule has 2 heterocycles. The highest BCUT2D eigenvalue weighted by molar-refractivity contribution is 5.85. The van der Waals surface area contributed by atoms with Gasteiger partial charge in [0.1, 0.15) is 0 Å². The zero-order chi connectivity index (χ0) is 12.4. The average molecular weight is 282 g/mol. The molecule has 1 aromatic carbocycles. The summed E-state index contributed by atoms with van der Waals surface area (Å²) in [6, 6.07) is 8.57. The SMILES string of the molecule is Cl.OC[C@@H](c1ccc2[nH]ccc2c1)N1CCNCC1. The van der Waals surface area contributed by atoms with Crippen LogP contribution in [0.25, 0.3) is 10.9 Å². The van der Waals surface area contributed by atoms with E-state index in [0.29, 0.717) is 0 Å². The summed E-state index contributed by atoms with van der Waals surface area (Å²) in [4.78, 5) is 5.55. The van der Waals surface area contributed by atoms with Crippen LogP contribution in [-0.2, 0) is 0 Å². The standard InChI is InChI=1S/C14H19N3O.ClH/c18-10-14(17-7-5-15-6-8-17)12-1-2-13-11(9-12)3-4-16-13;/h1-4,9,14-16,18H,5-8,10H2;1H/t14-;/m0./s1. The van der Waals surface area contributed by atoms with Gasteiger partial charge in [-0.15, -0.1) is 12.4 Å². The number of piperazine rings is 1. The van der Waals surface area contributed by atoms with Crippen molar-refractivity contribution in [3.8, 4) is 0 Å². The van der Waals surface area contributed by atoms with Crippen LogP contribution in [0.3, 0.4) is 0 Å². The van der Waals surface area contributed by atoms with E-state index in [0.717, 1.165) is 31.7 Å². The summed E-state index contributed by atoms with van der Waals surface area (Å²) < 4.78 is 0. The number of fused-ring (bicyclic) bond motifs is 1. The molecule has 0 spiro atoms. The molecule has 0 bridgehead atoms. The van der Waals surface area contributed by atoms with E-state index in [1.807, 2.05) is 6.20 Å². The van der Waals surface area contributed by atoms with E-state index < -0.39 is 0 Å². The second kappa shape index (κ2) is 6.39. The van der Waals surface area contributed by atoms with E-state index in [4.69, 9.17) is 0 Å². The molecule has 1 atom stereocenters. The number of rotatable bonds is 3. The van der Waals surface area contributed by atoms with Crippen molar-refractivity contribution in [1.29, 1.82) is 0 Å². The molecule has 3 rings (SSSR count). The molecule has 2 aromatic rings. The molecule has 3 N–H and O–H groups in total. The second-order valence-corrected chi connectivity index (χ2v) is 4.81. The first kappa shape index (κ1) is 14.3. The van der Waals surface area contributed by atoms with Gasteiger partial charge in [0.05, 0.1) is 12.6 Å². The van der Waals surface area contributed by atoms with Crippen LogP contribution in [0, 0.1) is 0 Å². The summed E-state index contributed by atoms with van der Waals surface area (Å²) in [6.45, 7) is 4.18. The highest BCUT2D eigenvalue weighted by Crippen LogP contribution is 2.24. The third-order valence-electron chi connectivity index (χ3n) is 3.73. The Morgan fingerprint density at radius 3 is 2.74 bits per heavy atom. The molecular formula is C14H20ClN3O. The number of halogens is 1. The molecule has 1 aliphatic heterocycles. The Hall–Kier alpha value is -1.07. The van der Waals surface area contributed by atoms with Crippen LogP contribution in [0.5, 0.6) is 0 Å². The third-order valence-corrected chi connectivity index (χ3v) is 3.73. The Morgan fingerprint density at radius 1 is 1.21 bits per heavy atom. The van der Waals surface area contributed by atoms with Gasteiger partial charge >= 0.3 is 0 Å². The number of H-pyrrole nitrogens is 1. The highest BCUT2D eigenvalue weighted by Gasteiger charge is 2.21. The molecule has 4 nitrogen and oxygen atoms in total. The van der Waals surface area contributed by atoms with Crippen molar-refractivity contribution < 1.29 is 5.11 Å². The monoisotopic (exact) mass is 281 g/mol. The lowest BCUT2D eigenvalue weighted by atomic mass is 10.0. The van der Waals surface area contributed by atoms with Crippen molar-refractivity contribution in [2.45, 2.75) is 6.04 Å². The minimum Gasteiger partial charge on any atom is -0.394 e. The Labute approximate surface area is 119 Å². The van der Waals surface area contributed by atoms with Gasteiger partial charge in [-0.2, -0.15) is 0 Å². The smallest absolute Gasteiger partial charge is 0.0628 e. The van der Waals surface area contributed by atoms with Gasteiger partial charge in [0, 0.05) is 37.9 Å². The van der Waals surface area contributed by atoms with Gasteiger partial charge in [-0.1, -0.05) is 6.07 Å². The third kappa shape index (κ3) is 2.92. The van der Waals surface area contributed by atoms with Crippen LogP contribution < -0.4 is 5.32 Å². The van der Waals surface area contributed by atoms with Crippen LogP contribution in [0.1, 0.15) is 11.6 Å². The van der Waals surface area contributed by atoms with Gasteiger partial charge < -0.3 is 15.4 Å². The fourth-order valence-corrected chi connectivity index (χ4v) is 2.70. The van der Waals surface area contributed by atoms with Crippen molar-refractivity contribution >= 4 is 23.3 Å². The number of hydrogen-bond acceptors (Lipinski definition) is 3. The van der Waals surface area contributed by atoms with Gasteiger partial charge in [-0.05, 0) is 29.1 Å². The Balaban J connectivity index is 0.00000133. The number of aromatic amines is 1. The fourth-order valence-electron chi connectivity index (χ4n) is 2.70. The Kier molecular flexibility index (Phi) is 4.82. The lowest BCUT2D eigenvalue weighted by Gasteiger charge is -2.34. The molecule has 5 heteroatoms. The molecule has 1 fully saturated rings. The number of hydrogen-bond donors (Lipinski definition) is 3. The molecule has 19 heavy (non-hydrogen) atoms. The maximum absolute atomic E-state index is 9.68. The van der Waals surface area contributed by atoms with E-state index in [1.54, 1.807) is 0 Å². The number of benzene rings is 1. The van der Waals surface area contributed by atoms with Gasteiger partial charge in [0.2, 0.25) is 0 Å². The molecule has 0 unspecified atom stereocenters. The molecule has 1 aliphatic rings. The quantitative estimate of drug-likeness (QED) is 0.800. The summed E-state index contributed by atoms with van der Waals surface area (Å²) in [7, 11) is 0. The van der Waals surface area contributed by atoms with Gasteiger partial charge in [-0.3, -0.25) is 4.90 Å². The lowest BCUT2D eigenvalue weighted by molar-refractivity contribution is 0.111. The molecule has 0 radical (unpaired) electrons. The zero-order valence-corrected chi connectivity index (χ0v) is 11.6. The molecule has 1 aromatic heterocycles. The summed E-state index contributed by atoms with van der Waals surface area (Å²) >= 11 is 0. The summed E-state index contributed by atoms with van der Waals surface area (Å²) in [5.74, 6) is 0. The van der Waals surface area contributed by atoms with Gasteiger partial charge in [0.25, 0.3) is 0 Å². The molecule has 104 valence electrons. The van der Waals surface area contributed by atoms with Crippen molar-refractivity contribution in [3.05, 3.63) is 36.0 Å². The number of aliphatic hydroxyl groups is 1. The maximum Gasteiger partial charge on any atom is 0.0628 e. The second-order valence-electron chi connectivity index (χ2n) is 4.81. The van der Waals surface area contributed by atoms with E-state index in [2.05, 4.69) is 39.5 Å². The largest absolute Gasteiger partial charge is 0.394 e. The number of nitrogens with zero attached hydrogens (tertiary/aromatic N) is 1. The summed E-state index contributed by atoms with van der Waals surface area (Å²) in [5, 5.41) is 14.2. The lowest BCUT2D eigenvalue weighted by Crippen LogP contribution is -2.46. The predicted molar refractivity (Wildman–Crippen MR) is 79.8 cm³/mol. The minimum absolute atomic E-state index is 0. The predicted octanol–water partition coefficient (Wildman–Crippen LogP) is 1.53. The highest BCUT2D eigenvalue weighted by atomic mass is 35.5. The normalized spacial score (nSPS) is 18.2. The first-order chi connectivity index (χ1) is 8.88. The van der Waals surface area contributed by atoms with Gasteiger partial charge in [0.15, 0.2) is 0 Å². The Morgan fingerprint density at radius 2 is 2.00 bits per heavy atom. The average Bonchev–Trinajstić information content (AvgIpc) is 2.88.